The molecule has 1 unspecified atom stereocenters. The number of halogens is 1. The van der Waals surface area contributed by atoms with Crippen molar-refractivity contribution in [2.45, 2.75) is 25.8 Å². The number of para-hydroxylation sites is 1. The Bertz CT molecular complexity index is 2050. The van der Waals surface area contributed by atoms with Crippen LogP contribution in [-0.2, 0) is 6.54 Å². The van der Waals surface area contributed by atoms with E-state index < -0.39 is 0 Å². The molecule has 9 heteroatoms. The topological polar surface area (TPSA) is 90.5 Å². The van der Waals surface area contributed by atoms with Crippen molar-refractivity contribution in [2.75, 3.05) is 36.8 Å². The van der Waals surface area contributed by atoms with E-state index in [4.69, 9.17) is 9.97 Å². The van der Waals surface area contributed by atoms with Gasteiger partial charge in [0.15, 0.2) is 0 Å². The van der Waals surface area contributed by atoms with Gasteiger partial charge in [0.05, 0.1) is 11.2 Å². The fraction of sp³-hybridized carbons (Fsp3) is 0.200. The van der Waals surface area contributed by atoms with Crippen LogP contribution in [0.2, 0.25) is 0 Å². The molecule has 0 spiro atoms. The number of nitrogens with zero attached hydrogens (tertiary/aromatic N) is 4. The third-order valence-corrected chi connectivity index (χ3v) is 9.08. The fourth-order valence-corrected chi connectivity index (χ4v) is 6.28. The van der Waals surface area contributed by atoms with Crippen molar-refractivity contribution in [3.63, 3.8) is 0 Å². The number of benzene rings is 4. The summed E-state index contributed by atoms with van der Waals surface area (Å²) in [4.78, 5) is 40.5. The van der Waals surface area contributed by atoms with Gasteiger partial charge in [0.25, 0.3) is 11.8 Å². The molecule has 1 fully saturated rings. The van der Waals surface area contributed by atoms with E-state index in [0.29, 0.717) is 42.4 Å². The van der Waals surface area contributed by atoms with Crippen LogP contribution in [-0.4, -0.2) is 57.8 Å². The van der Waals surface area contributed by atoms with Crippen LogP contribution >= 0.6 is 0 Å². The van der Waals surface area contributed by atoms with E-state index >= 15 is 0 Å². The minimum atomic E-state index is -0.268. The number of nitrogens with one attached hydrogen (secondary N) is 2. The van der Waals surface area contributed by atoms with E-state index in [1.807, 2.05) is 48.2 Å². The Morgan fingerprint density at radius 1 is 0.857 bits per heavy atom. The molecule has 1 aromatic heterocycles. The summed E-state index contributed by atoms with van der Waals surface area (Å²) in [6.07, 6.45) is 9.30. The van der Waals surface area contributed by atoms with E-state index in [1.54, 1.807) is 36.4 Å². The zero-order valence-electron chi connectivity index (χ0n) is 27.3. The van der Waals surface area contributed by atoms with Crippen LogP contribution in [0.5, 0.6) is 0 Å². The highest BCUT2D eigenvalue weighted by molar-refractivity contribution is 6.05. The number of carbonyl (C=O) groups is 2. The Morgan fingerprint density at radius 3 is 2.37 bits per heavy atom. The van der Waals surface area contributed by atoms with E-state index in [-0.39, 0.29) is 23.5 Å². The van der Waals surface area contributed by atoms with Crippen LogP contribution in [0.25, 0.3) is 10.9 Å². The molecule has 2 N–H and O–H groups in total. The number of fused-ring (bicyclic) bond motifs is 1. The molecule has 0 saturated carbocycles. The highest BCUT2D eigenvalue weighted by Crippen LogP contribution is 2.30. The summed E-state index contributed by atoms with van der Waals surface area (Å²) in [7, 11) is 0. The Hall–Kier alpha value is -5.67. The van der Waals surface area contributed by atoms with Gasteiger partial charge in [-0.05, 0) is 79.1 Å². The largest absolute Gasteiger partial charge is 0.336 e. The molecule has 2 aliphatic rings. The lowest BCUT2D eigenvalue weighted by Crippen LogP contribution is -2.48. The number of anilines is 3. The molecule has 1 saturated heterocycles. The lowest BCUT2D eigenvalue weighted by molar-refractivity contribution is 0.0628. The number of rotatable bonds is 8. The molecule has 1 aliphatic heterocycles. The van der Waals surface area contributed by atoms with Crippen molar-refractivity contribution in [2.24, 2.45) is 0 Å². The molecule has 2 amide bonds. The number of amides is 2. The van der Waals surface area contributed by atoms with Gasteiger partial charge in [-0.3, -0.25) is 14.5 Å². The summed E-state index contributed by atoms with van der Waals surface area (Å²) in [5.74, 6) is 0.0922. The molecule has 5 aromatic rings. The van der Waals surface area contributed by atoms with Gasteiger partial charge in [0, 0.05) is 66.5 Å². The number of carbonyl (C=O) groups excluding carboxylic acids is 2. The maximum absolute atomic E-state index is 13.4. The van der Waals surface area contributed by atoms with Crippen molar-refractivity contribution < 1.29 is 14.0 Å². The molecular formula is C40H37FN6O2. The second-order valence-corrected chi connectivity index (χ2v) is 12.5. The van der Waals surface area contributed by atoms with Gasteiger partial charge in [-0.25, -0.2) is 14.4 Å². The van der Waals surface area contributed by atoms with Gasteiger partial charge in [-0.15, -0.1) is 0 Å². The minimum absolute atomic E-state index is 0.0672. The summed E-state index contributed by atoms with van der Waals surface area (Å²) < 4.78 is 13.3. The van der Waals surface area contributed by atoms with Crippen LogP contribution in [0, 0.1) is 12.7 Å². The number of aromatic nitrogens is 2. The Balaban J connectivity index is 0.986. The van der Waals surface area contributed by atoms with E-state index in [2.05, 4.69) is 45.9 Å². The van der Waals surface area contributed by atoms with Crippen LogP contribution in [0.4, 0.5) is 21.7 Å². The summed E-state index contributed by atoms with van der Waals surface area (Å²) in [5.41, 5.74) is 6.12. The van der Waals surface area contributed by atoms with E-state index in [1.165, 1.54) is 12.1 Å². The SMILES string of the molecule is Cc1ccc(C(=O)N2CCN(Cc3ccc(F)cc3)CC2)cc1NC(=O)c1ccc(Nc2nc(C3C=CC=CC3)c3ccccc3n2)cc1. The summed E-state index contributed by atoms with van der Waals surface area (Å²) >= 11 is 0. The molecule has 2 heterocycles. The van der Waals surface area contributed by atoms with Crippen molar-refractivity contribution in [3.05, 3.63) is 149 Å². The average Bonchev–Trinajstić information content (AvgIpc) is 3.14. The Kier molecular flexibility index (Phi) is 9.25. The Morgan fingerprint density at radius 2 is 1.61 bits per heavy atom. The molecule has 0 radical (unpaired) electrons. The predicted octanol–water partition coefficient (Wildman–Crippen LogP) is 7.63. The van der Waals surface area contributed by atoms with Gasteiger partial charge < -0.3 is 15.5 Å². The number of allylic oxidation sites excluding steroid dienone is 4. The fourth-order valence-electron chi connectivity index (χ4n) is 6.28. The average molecular weight is 653 g/mol. The van der Waals surface area contributed by atoms with Gasteiger partial charge in [-0.1, -0.05) is 60.7 Å². The van der Waals surface area contributed by atoms with Crippen LogP contribution in [0.15, 0.2) is 115 Å². The predicted molar refractivity (Wildman–Crippen MR) is 192 cm³/mol. The number of aryl methyl sites for hydroxylation is 1. The van der Waals surface area contributed by atoms with Crippen LogP contribution in [0.3, 0.4) is 0 Å². The van der Waals surface area contributed by atoms with Gasteiger partial charge >= 0.3 is 0 Å². The van der Waals surface area contributed by atoms with Crippen molar-refractivity contribution in [1.29, 1.82) is 0 Å². The highest BCUT2D eigenvalue weighted by Gasteiger charge is 2.23. The molecule has 0 bridgehead atoms. The van der Waals surface area contributed by atoms with Crippen LogP contribution in [0.1, 0.15) is 49.9 Å². The first-order valence-corrected chi connectivity index (χ1v) is 16.5. The summed E-state index contributed by atoms with van der Waals surface area (Å²) in [5, 5.41) is 7.34. The quantitative estimate of drug-likeness (QED) is 0.179. The summed E-state index contributed by atoms with van der Waals surface area (Å²) in [6, 6.07) is 27.2. The number of hydrogen-bond acceptors (Lipinski definition) is 6. The first-order valence-electron chi connectivity index (χ1n) is 16.5. The second kappa shape index (κ2) is 14.2. The minimum Gasteiger partial charge on any atom is -0.336 e. The highest BCUT2D eigenvalue weighted by atomic mass is 19.1. The first-order chi connectivity index (χ1) is 23.9. The zero-order valence-corrected chi connectivity index (χ0v) is 27.3. The smallest absolute Gasteiger partial charge is 0.255 e. The molecule has 1 aliphatic carbocycles. The molecular weight excluding hydrogens is 615 g/mol. The molecule has 8 nitrogen and oxygen atoms in total. The maximum Gasteiger partial charge on any atom is 0.255 e. The van der Waals surface area contributed by atoms with Gasteiger partial charge in [0.2, 0.25) is 5.95 Å². The lowest BCUT2D eigenvalue weighted by Gasteiger charge is -2.35. The standard InChI is InChI=1S/C40H37FN6O2/c1-27-11-14-31(39(49)47-23-21-46(22-24-47)26-28-12-17-32(41)18-13-28)25-36(27)43-38(48)30-15-19-33(20-16-30)42-40-44-35-10-6-5-9-34(35)37(45-40)29-7-3-2-4-8-29/h2-7,9-20,25,29H,8,21-24,26H2,1H3,(H,43,48)(H,42,44,45). The maximum atomic E-state index is 13.4. The first kappa shape index (κ1) is 31.9. The van der Waals surface area contributed by atoms with Gasteiger partial charge in [-0.2, -0.15) is 0 Å². The Labute approximate surface area is 285 Å². The molecule has 1 atom stereocenters. The number of piperazine rings is 1. The monoisotopic (exact) mass is 652 g/mol. The third-order valence-electron chi connectivity index (χ3n) is 9.08. The summed E-state index contributed by atoms with van der Waals surface area (Å²) in [6.45, 7) is 5.27. The molecule has 7 rings (SSSR count). The molecule has 4 aromatic carbocycles. The lowest BCUT2D eigenvalue weighted by atomic mass is 9.94. The normalized spacial score (nSPS) is 16.1. The second-order valence-electron chi connectivity index (χ2n) is 12.5. The third kappa shape index (κ3) is 7.42. The zero-order chi connectivity index (χ0) is 33.7. The van der Waals surface area contributed by atoms with Crippen molar-refractivity contribution in [1.82, 2.24) is 19.8 Å². The van der Waals surface area contributed by atoms with Gasteiger partial charge in [0.1, 0.15) is 5.82 Å². The van der Waals surface area contributed by atoms with E-state index in [0.717, 1.165) is 52.9 Å². The van der Waals surface area contributed by atoms with Crippen molar-refractivity contribution >= 4 is 40.0 Å². The number of hydrogen-bond donors (Lipinski definition) is 2. The molecule has 246 valence electrons. The molecule has 49 heavy (non-hydrogen) atoms. The van der Waals surface area contributed by atoms with Crippen LogP contribution < -0.4 is 10.6 Å². The van der Waals surface area contributed by atoms with E-state index in [9.17, 15) is 14.0 Å². The van der Waals surface area contributed by atoms with Crippen molar-refractivity contribution in [3.8, 4) is 0 Å².